The van der Waals surface area contributed by atoms with Crippen LogP contribution in [0, 0.1) is 5.92 Å². The lowest BCUT2D eigenvalue weighted by Gasteiger charge is -2.23. The van der Waals surface area contributed by atoms with Crippen LogP contribution in [0.3, 0.4) is 0 Å². The summed E-state index contributed by atoms with van der Waals surface area (Å²) in [6.07, 6.45) is 8.34. The number of anilines is 1. The first kappa shape index (κ1) is 22.5. The SMILES string of the molecule is O=C(Nc1c(-c2ccc3ccnn3c2)ccc2c1CCC2)NS(=O)(=O)c1cc2n(n1)CCO[C@H]2C1CC1. The van der Waals surface area contributed by atoms with Gasteiger partial charge in [0.2, 0.25) is 0 Å². The number of sulfonamides is 1. The van der Waals surface area contributed by atoms with Gasteiger partial charge in [0.05, 0.1) is 30.0 Å². The van der Waals surface area contributed by atoms with Gasteiger partial charge in [-0.15, -0.1) is 0 Å². The number of carbonyl (C=O) groups is 1. The van der Waals surface area contributed by atoms with Crippen molar-refractivity contribution in [1.82, 2.24) is 24.1 Å². The van der Waals surface area contributed by atoms with Gasteiger partial charge in [-0.05, 0) is 61.3 Å². The number of amides is 2. The number of aryl methyl sites for hydroxylation is 1. The van der Waals surface area contributed by atoms with Gasteiger partial charge in [-0.25, -0.2) is 14.0 Å². The highest BCUT2D eigenvalue weighted by Crippen LogP contribution is 2.45. The Morgan fingerprint density at radius 3 is 2.86 bits per heavy atom. The zero-order chi connectivity index (χ0) is 25.1. The van der Waals surface area contributed by atoms with Crippen molar-refractivity contribution in [3.8, 4) is 11.1 Å². The molecule has 0 unspecified atom stereocenters. The number of nitrogens with zero attached hydrogens (tertiary/aromatic N) is 4. The van der Waals surface area contributed by atoms with E-state index in [2.05, 4.69) is 26.3 Å². The molecule has 7 rings (SSSR count). The highest BCUT2D eigenvalue weighted by molar-refractivity contribution is 7.90. The molecule has 4 aromatic rings. The summed E-state index contributed by atoms with van der Waals surface area (Å²) in [6.45, 7) is 0.982. The molecule has 3 aromatic heterocycles. The standard InChI is InChI=1S/C26H26N6O4S/c33-26(30-37(34,35)23-14-22-25(17-4-5-17)36-13-12-31(22)29-23)28-24-20-3-1-2-16(20)7-9-21(24)18-6-8-19-10-11-27-32(19)15-18/h6-11,14-15,17,25H,1-5,12-13H2,(H2,28,30,33)/t25-/m0/s1. The highest BCUT2D eigenvalue weighted by atomic mass is 32.2. The number of rotatable bonds is 5. The molecule has 0 saturated heterocycles. The van der Waals surface area contributed by atoms with Crippen LogP contribution in [0.25, 0.3) is 16.6 Å². The molecule has 2 amide bonds. The Hall–Kier alpha value is -3.70. The van der Waals surface area contributed by atoms with E-state index in [1.165, 1.54) is 6.07 Å². The summed E-state index contributed by atoms with van der Waals surface area (Å²) < 4.78 is 37.8. The predicted molar refractivity (Wildman–Crippen MR) is 136 cm³/mol. The second-order valence-corrected chi connectivity index (χ2v) is 11.5. The van der Waals surface area contributed by atoms with Crippen molar-refractivity contribution in [2.24, 2.45) is 5.92 Å². The first-order valence-electron chi connectivity index (χ1n) is 12.6. The Kier molecular flexibility index (Phi) is 5.12. The van der Waals surface area contributed by atoms with Crippen molar-refractivity contribution in [2.75, 3.05) is 11.9 Å². The maximum atomic E-state index is 13.1. The molecule has 1 aromatic carbocycles. The van der Waals surface area contributed by atoms with Gasteiger partial charge in [0.15, 0.2) is 5.03 Å². The number of hydrogen-bond acceptors (Lipinski definition) is 6. The molecule has 1 fully saturated rings. The van der Waals surface area contributed by atoms with Crippen LogP contribution in [-0.2, 0) is 34.1 Å². The Bertz CT molecular complexity index is 1650. The second kappa shape index (κ2) is 8.42. The smallest absolute Gasteiger partial charge is 0.333 e. The largest absolute Gasteiger partial charge is 0.370 e. The first-order valence-corrected chi connectivity index (χ1v) is 14.1. The van der Waals surface area contributed by atoms with E-state index in [1.54, 1.807) is 15.4 Å². The van der Waals surface area contributed by atoms with Crippen LogP contribution >= 0.6 is 0 Å². The van der Waals surface area contributed by atoms with Crippen LogP contribution in [0.5, 0.6) is 0 Å². The van der Waals surface area contributed by atoms with Crippen molar-refractivity contribution in [3.63, 3.8) is 0 Å². The number of hydrogen-bond donors (Lipinski definition) is 2. The van der Waals surface area contributed by atoms with Crippen molar-refractivity contribution in [3.05, 3.63) is 65.6 Å². The molecule has 1 aliphatic heterocycles. The topological polar surface area (TPSA) is 120 Å². The second-order valence-electron chi connectivity index (χ2n) is 9.92. The van der Waals surface area contributed by atoms with Gasteiger partial charge in [0.25, 0.3) is 10.0 Å². The van der Waals surface area contributed by atoms with Gasteiger partial charge < -0.3 is 10.1 Å². The van der Waals surface area contributed by atoms with Crippen LogP contribution in [0.4, 0.5) is 10.5 Å². The highest BCUT2D eigenvalue weighted by Gasteiger charge is 2.38. The number of pyridine rings is 1. The third-order valence-electron chi connectivity index (χ3n) is 7.46. The van der Waals surface area contributed by atoms with Crippen molar-refractivity contribution in [2.45, 2.75) is 49.8 Å². The summed E-state index contributed by atoms with van der Waals surface area (Å²) >= 11 is 0. The average Bonchev–Trinajstić information content (AvgIpc) is 3.26. The van der Waals surface area contributed by atoms with Crippen LogP contribution in [0.2, 0.25) is 0 Å². The minimum absolute atomic E-state index is 0.138. The van der Waals surface area contributed by atoms with Crippen LogP contribution in [-0.4, -0.2) is 40.5 Å². The van der Waals surface area contributed by atoms with Crippen LogP contribution < -0.4 is 10.0 Å². The number of aromatic nitrogens is 4. The van der Waals surface area contributed by atoms with Gasteiger partial charge >= 0.3 is 6.03 Å². The average molecular weight is 519 g/mol. The molecule has 1 atom stereocenters. The maximum Gasteiger partial charge on any atom is 0.333 e. The third-order valence-corrected chi connectivity index (χ3v) is 8.67. The summed E-state index contributed by atoms with van der Waals surface area (Å²) in [7, 11) is -4.18. The van der Waals surface area contributed by atoms with Gasteiger partial charge in [0, 0.05) is 29.6 Å². The molecule has 37 heavy (non-hydrogen) atoms. The van der Waals surface area contributed by atoms with E-state index >= 15 is 0 Å². The summed E-state index contributed by atoms with van der Waals surface area (Å²) in [6, 6.07) is 10.6. The molecule has 2 aliphatic carbocycles. The zero-order valence-electron chi connectivity index (χ0n) is 20.1. The summed E-state index contributed by atoms with van der Waals surface area (Å²) in [5.74, 6) is 0.405. The number of nitrogens with one attached hydrogen (secondary N) is 2. The van der Waals surface area contributed by atoms with Crippen molar-refractivity contribution in [1.29, 1.82) is 0 Å². The van der Waals surface area contributed by atoms with Crippen molar-refractivity contribution < 1.29 is 17.9 Å². The molecule has 4 heterocycles. The Morgan fingerprint density at radius 1 is 1.11 bits per heavy atom. The molecular formula is C26H26N6O4S. The molecule has 190 valence electrons. The fourth-order valence-electron chi connectivity index (χ4n) is 5.51. The zero-order valence-corrected chi connectivity index (χ0v) is 20.9. The van der Waals surface area contributed by atoms with E-state index in [0.717, 1.165) is 65.6 Å². The molecule has 0 spiro atoms. The van der Waals surface area contributed by atoms with Gasteiger partial charge in [0.1, 0.15) is 6.10 Å². The monoisotopic (exact) mass is 518 g/mol. The first-order chi connectivity index (χ1) is 18.0. The van der Waals surface area contributed by atoms with Crippen LogP contribution in [0.1, 0.15) is 42.2 Å². The quantitative estimate of drug-likeness (QED) is 0.416. The predicted octanol–water partition coefficient (Wildman–Crippen LogP) is 3.68. The third kappa shape index (κ3) is 3.98. The van der Waals surface area contributed by atoms with E-state index in [-0.39, 0.29) is 11.1 Å². The lowest BCUT2D eigenvalue weighted by molar-refractivity contribution is 0.00273. The molecule has 3 aliphatic rings. The van der Waals surface area contributed by atoms with Gasteiger partial charge in [-0.2, -0.15) is 18.6 Å². The molecular weight excluding hydrogens is 492 g/mol. The fraction of sp³-hybridized carbons (Fsp3) is 0.346. The molecule has 1 saturated carbocycles. The normalized spacial score (nSPS) is 19.0. The number of carbonyl (C=O) groups excluding carboxylic acids is 1. The molecule has 2 N–H and O–H groups in total. The minimum atomic E-state index is -4.18. The van der Waals surface area contributed by atoms with Crippen LogP contribution in [0.15, 0.2) is 53.8 Å². The lowest BCUT2D eigenvalue weighted by atomic mass is 9.98. The van der Waals surface area contributed by atoms with E-state index in [9.17, 15) is 13.2 Å². The Morgan fingerprint density at radius 2 is 2.00 bits per heavy atom. The van der Waals surface area contributed by atoms with Gasteiger partial charge in [-0.3, -0.25) is 4.68 Å². The Labute approximate surface area is 213 Å². The van der Waals surface area contributed by atoms with Gasteiger partial charge in [-0.1, -0.05) is 18.2 Å². The number of benzene rings is 1. The van der Waals surface area contributed by atoms with Crippen molar-refractivity contribution >= 4 is 27.3 Å². The summed E-state index contributed by atoms with van der Waals surface area (Å²) in [4.78, 5) is 13.1. The number of urea groups is 1. The van der Waals surface area contributed by atoms with E-state index in [1.807, 2.05) is 30.5 Å². The lowest BCUT2D eigenvalue weighted by Crippen LogP contribution is -2.35. The summed E-state index contributed by atoms with van der Waals surface area (Å²) in [5.41, 5.74) is 6.22. The molecule has 11 heteroatoms. The Balaban J connectivity index is 1.18. The molecule has 0 bridgehead atoms. The minimum Gasteiger partial charge on any atom is -0.370 e. The number of ether oxygens (including phenoxy) is 1. The summed E-state index contributed by atoms with van der Waals surface area (Å²) in [5, 5.41) is 11.3. The molecule has 10 nitrogen and oxygen atoms in total. The number of fused-ring (bicyclic) bond motifs is 3. The molecule has 0 radical (unpaired) electrons. The van der Waals surface area contributed by atoms with E-state index < -0.39 is 16.1 Å². The maximum absolute atomic E-state index is 13.1. The fourth-order valence-corrected chi connectivity index (χ4v) is 6.39. The van der Waals surface area contributed by atoms with E-state index in [0.29, 0.717) is 24.8 Å². The van der Waals surface area contributed by atoms with E-state index in [4.69, 9.17) is 4.74 Å².